The highest BCUT2D eigenvalue weighted by Gasteiger charge is 2.33. The van der Waals surface area contributed by atoms with Gasteiger partial charge >= 0.3 is 0 Å². The van der Waals surface area contributed by atoms with Crippen molar-refractivity contribution in [1.29, 1.82) is 0 Å². The van der Waals surface area contributed by atoms with Crippen LogP contribution in [0.2, 0.25) is 0 Å². The van der Waals surface area contributed by atoms with E-state index in [0.717, 1.165) is 12.8 Å². The van der Waals surface area contributed by atoms with Crippen molar-refractivity contribution in [2.75, 3.05) is 6.54 Å². The maximum absolute atomic E-state index is 12.1. The molecular formula is C10H13N3O2S. The Bertz CT molecular complexity index is 429. The Morgan fingerprint density at radius 2 is 2.50 bits per heavy atom. The number of nitrogens with zero attached hydrogens (tertiary/aromatic N) is 2. The molecule has 0 aliphatic carbocycles. The van der Waals surface area contributed by atoms with E-state index in [0.29, 0.717) is 17.2 Å². The summed E-state index contributed by atoms with van der Waals surface area (Å²) in [4.78, 5) is 18.0. The van der Waals surface area contributed by atoms with E-state index in [1.54, 1.807) is 11.8 Å². The zero-order valence-electron chi connectivity index (χ0n) is 8.97. The fourth-order valence-electron chi connectivity index (χ4n) is 1.94. The Kier molecular flexibility index (Phi) is 2.91. The number of thiocarbonyl (C=S) groups is 1. The van der Waals surface area contributed by atoms with Gasteiger partial charge in [0, 0.05) is 6.54 Å². The van der Waals surface area contributed by atoms with Gasteiger partial charge < -0.3 is 15.1 Å². The van der Waals surface area contributed by atoms with Gasteiger partial charge in [-0.05, 0) is 19.8 Å². The van der Waals surface area contributed by atoms with Gasteiger partial charge in [-0.15, -0.1) is 0 Å². The summed E-state index contributed by atoms with van der Waals surface area (Å²) >= 11 is 4.95. The van der Waals surface area contributed by atoms with Crippen LogP contribution in [0.15, 0.2) is 10.8 Å². The number of rotatable bonds is 2. The average molecular weight is 239 g/mol. The Labute approximate surface area is 98.6 Å². The number of carbonyl (C=O) groups is 1. The molecule has 1 saturated heterocycles. The molecule has 1 atom stereocenters. The standard InChI is InChI=1S/C10H13N3O2S/c1-6-8(15-5-12-6)10(14)13-4-2-3-7(13)9(11)16/h5,7H,2-4H2,1H3,(H2,11,16). The van der Waals surface area contributed by atoms with Gasteiger partial charge in [0.15, 0.2) is 6.39 Å². The molecule has 1 fully saturated rings. The SMILES string of the molecule is Cc1ncoc1C(=O)N1CCCC1C(N)=S. The molecule has 1 aromatic rings. The molecule has 0 radical (unpaired) electrons. The summed E-state index contributed by atoms with van der Waals surface area (Å²) in [6, 6.07) is -0.146. The van der Waals surface area contributed by atoms with Gasteiger partial charge in [0.05, 0.1) is 16.7 Å². The van der Waals surface area contributed by atoms with E-state index in [1.165, 1.54) is 6.39 Å². The first kappa shape index (κ1) is 11.1. The lowest BCUT2D eigenvalue weighted by Gasteiger charge is -2.22. The number of likely N-dealkylation sites (tertiary alicyclic amines) is 1. The Balaban J connectivity index is 2.22. The minimum Gasteiger partial charge on any atom is -0.438 e. The third-order valence-corrected chi connectivity index (χ3v) is 3.05. The van der Waals surface area contributed by atoms with Crippen LogP contribution >= 0.6 is 12.2 Å². The fraction of sp³-hybridized carbons (Fsp3) is 0.500. The maximum Gasteiger partial charge on any atom is 0.292 e. The summed E-state index contributed by atoms with van der Waals surface area (Å²) in [5.74, 6) is 0.105. The quantitative estimate of drug-likeness (QED) is 0.775. The second kappa shape index (κ2) is 4.21. The summed E-state index contributed by atoms with van der Waals surface area (Å²) in [5, 5.41) is 0. The van der Waals surface area contributed by atoms with Crippen molar-refractivity contribution in [1.82, 2.24) is 9.88 Å². The third-order valence-electron chi connectivity index (χ3n) is 2.78. The number of hydrogen-bond donors (Lipinski definition) is 1. The van der Waals surface area contributed by atoms with Crippen LogP contribution in [0.5, 0.6) is 0 Å². The zero-order chi connectivity index (χ0) is 11.7. The Hall–Kier alpha value is -1.43. The van der Waals surface area contributed by atoms with E-state index >= 15 is 0 Å². The molecule has 2 heterocycles. The van der Waals surface area contributed by atoms with E-state index in [1.807, 2.05) is 0 Å². The van der Waals surface area contributed by atoms with Crippen LogP contribution in [-0.2, 0) is 0 Å². The van der Waals surface area contributed by atoms with Crippen molar-refractivity contribution in [2.24, 2.45) is 5.73 Å². The molecule has 2 N–H and O–H groups in total. The smallest absolute Gasteiger partial charge is 0.292 e. The van der Waals surface area contributed by atoms with E-state index in [4.69, 9.17) is 22.4 Å². The van der Waals surface area contributed by atoms with Crippen molar-refractivity contribution in [3.63, 3.8) is 0 Å². The second-order valence-corrected chi connectivity index (χ2v) is 4.30. The molecule has 1 aliphatic heterocycles. The van der Waals surface area contributed by atoms with Crippen LogP contribution in [0.25, 0.3) is 0 Å². The highest BCUT2D eigenvalue weighted by atomic mass is 32.1. The zero-order valence-corrected chi connectivity index (χ0v) is 9.79. The highest BCUT2D eigenvalue weighted by molar-refractivity contribution is 7.80. The van der Waals surface area contributed by atoms with Crippen LogP contribution < -0.4 is 5.73 Å². The van der Waals surface area contributed by atoms with Gasteiger partial charge in [-0.3, -0.25) is 4.79 Å². The van der Waals surface area contributed by atoms with Crippen molar-refractivity contribution in [2.45, 2.75) is 25.8 Å². The molecule has 86 valence electrons. The first-order chi connectivity index (χ1) is 7.61. The third kappa shape index (κ3) is 1.80. The maximum atomic E-state index is 12.1. The van der Waals surface area contributed by atoms with E-state index in [2.05, 4.69) is 4.98 Å². The van der Waals surface area contributed by atoms with Gasteiger partial charge in [0.25, 0.3) is 5.91 Å². The lowest BCUT2D eigenvalue weighted by atomic mass is 10.2. The molecule has 1 aliphatic rings. The highest BCUT2D eigenvalue weighted by Crippen LogP contribution is 2.21. The molecule has 0 bridgehead atoms. The molecule has 1 aromatic heterocycles. The predicted molar refractivity (Wildman–Crippen MR) is 62.1 cm³/mol. The van der Waals surface area contributed by atoms with Gasteiger partial charge in [0.1, 0.15) is 0 Å². The number of amides is 1. The Morgan fingerprint density at radius 1 is 1.75 bits per heavy atom. The molecule has 6 heteroatoms. The number of carbonyl (C=O) groups excluding carboxylic acids is 1. The topological polar surface area (TPSA) is 72.4 Å². The summed E-state index contributed by atoms with van der Waals surface area (Å²) in [6.45, 7) is 2.41. The van der Waals surface area contributed by atoms with Crippen LogP contribution in [0, 0.1) is 6.92 Å². The summed E-state index contributed by atoms with van der Waals surface area (Å²) in [7, 11) is 0. The van der Waals surface area contributed by atoms with Crippen molar-refractivity contribution in [3.8, 4) is 0 Å². The van der Waals surface area contributed by atoms with Crippen LogP contribution in [0.1, 0.15) is 29.1 Å². The molecular weight excluding hydrogens is 226 g/mol. The van der Waals surface area contributed by atoms with Crippen LogP contribution in [0.3, 0.4) is 0 Å². The van der Waals surface area contributed by atoms with E-state index < -0.39 is 0 Å². The van der Waals surface area contributed by atoms with Crippen molar-refractivity contribution < 1.29 is 9.21 Å². The first-order valence-electron chi connectivity index (χ1n) is 5.11. The van der Waals surface area contributed by atoms with Gasteiger partial charge in [-0.1, -0.05) is 12.2 Å². The summed E-state index contributed by atoms with van der Waals surface area (Å²) in [5.41, 5.74) is 6.20. The lowest BCUT2D eigenvalue weighted by Crippen LogP contribution is -2.42. The number of nitrogens with two attached hydrogens (primary N) is 1. The summed E-state index contributed by atoms with van der Waals surface area (Å²) in [6.07, 6.45) is 3.02. The Morgan fingerprint density at radius 3 is 3.06 bits per heavy atom. The minimum absolute atomic E-state index is 0.146. The molecule has 2 rings (SSSR count). The fourth-order valence-corrected chi connectivity index (χ4v) is 2.19. The summed E-state index contributed by atoms with van der Waals surface area (Å²) < 4.78 is 5.08. The number of aryl methyl sites for hydroxylation is 1. The van der Waals surface area contributed by atoms with Gasteiger partial charge in [-0.25, -0.2) is 4.98 Å². The normalized spacial score (nSPS) is 20.1. The first-order valence-corrected chi connectivity index (χ1v) is 5.52. The van der Waals surface area contributed by atoms with E-state index in [9.17, 15) is 4.79 Å². The molecule has 0 saturated carbocycles. The van der Waals surface area contributed by atoms with Crippen molar-refractivity contribution in [3.05, 3.63) is 17.8 Å². The van der Waals surface area contributed by atoms with Crippen molar-refractivity contribution >= 4 is 23.1 Å². The molecule has 0 aromatic carbocycles. The van der Waals surface area contributed by atoms with Crippen LogP contribution in [-0.4, -0.2) is 33.4 Å². The van der Waals surface area contributed by atoms with E-state index in [-0.39, 0.29) is 17.7 Å². The number of aromatic nitrogens is 1. The second-order valence-electron chi connectivity index (χ2n) is 3.83. The minimum atomic E-state index is -0.176. The molecule has 0 spiro atoms. The molecule has 5 nitrogen and oxygen atoms in total. The predicted octanol–water partition coefficient (Wildman–Crippen LogP) is 0.874. The van der Waals surface area contributed by atoms with Gasteiger partial charge in [0.2, 0.25) is 5.76 Å². The molecule has 1 amide bonds. The number of oxazole rings is 1. The number of hydrogen-bond acceptors (Lipinski definition) is 4. The molecule has 1 unspecified atom stereocenters. The lowest BCUT2D eigenvalue weighted by molar-refractivity contribution is 0.0737. The molecule has 16 heavy (non-hydrogen) atoms. The average Bonchev–Trinajstić information content (AvgIpc) is 2.84. The largest absolute Gasteiger partial charge is 0.438 e. The monoisotopic (exact) mass is 239 g/mol. The van der Waals surface area contributed by atoms with Crippen LogP contribution in [0.4, 0.5) is 0 Å². The van der Waals surface area contributed by atoms with Gasteiger partial charge in [-0.2, -0.15) is 0 Å².